The number of methoxy groups -OCH3 is 3. The molecule has 4 aromatic rings. The van der Waals surface area contributed by atoms with Gasteiger partial charge in [0.05, 0.1) is 21.3 Å². The first-order valence-electron chi connectivity index (χ1n) is 12.8. The maximum Gasteiger partial charge on any atom is 0.258 e. The van der Waals surface area contributed by atoms with E-state index in [0.29, 0.717) is 39.8 Å². The standard InChI is InChI=1S/C32H32N4O5/c1-19-11-16-25(34-30(37)23-14-12-22(13-15-23)21-9-7-6-8-10-21)20(2)28(19)35-32(33)36-31(38)24-17-26(39-3)29(41-5)27(18-24)40-4/h6-18H,1-5H3,(H,34,37)(H3,33,35,36,38). The molecule has 0 aliphatic heterocycles. The third-order valence-corrected chi connectivity index (χ3v) is 6.59. The second kappa shape index (κ2) is 12.7. The van der Waals surface area contributed by atoms with Crippen molar-refractivity contribution < 1.29 is 23.8 Å². The van der Waals surface area contributed by atoms with E-state index in [0.717, 1.165) is 16.7 Å². The highest BCUT2D eigenvalue weighted by Crippen LogP contribution is 2.38. The zero-order valence-corrected chi connectivity index (χ0v) is 23.5. The van der Waals surface area contributed by atoms with Gasteiger partial charge in [-0.2, -0.15) is 0 Å². The summed E-state index contributed by atoms with van der Waals surface area (Å²) in [5.74, 6) is -0.0386. The summed E-state index contributed by atoms with van der Waals surface area (Å²) in [7, 11) is 4.39. The number of amides is 2. The highest BCUT2D eigenvalue weighted by molar-refractivity contribution is 6.10. The van der Waals surface area contributed by atoms with Crippen LogP contribution in [0.1, 0.15) is 31.8 Å². The lowest BCUT2D eigenvalue weighted by Gasteiger charge is -2.18. The fourth-order valence-corrected chi connectivity index (χ4v) is 4.37. The van der Waals surface area contributed by atoms with Crippen molar-refractivity contribution in [2.24, 2.45) is 0 Å². The minimum absolute atomic E-state index is 0.221. The van der Waals surface area contributed by atoms with Crippen LogP contribution in [0.4, 0.5) is 11.4 Å². The molecule has 4 aromatic carbocycles. The molecule has 0 atom stereocenters. The van der Waals surface area contributed by atoms with E-state index in [1.807, 2.05) is 68.4 Å². The SMILES string of the molecule is COc1cc(C(=O)NC(=N)Nc2c(C)ccc(NC(=O)c3ccc(-c4ccccc4)cc3)c2C)cc(OC)c1OC. The minimum Gasteiger partial charge on any atom is -0.493 e. The van der Waals surface area contributed by atoms with Gasteiger partial charge in [0.15, 0.2) is 17.5 Å². The fraction of sp³-hybridized carbons (Fsp3) is 0.156. The molecule has 0 heterocycles. The second-order valence-electron chi connectivity index (χ2n) is 9.20. The number of carbonyl (C=O) groups excluding carboxylic acids is 2. The fourth-order valence-electron chi connectivity index (χ4n) is 4.37. The van der Waals surface area contributed by atoms with Crippen molar-refractivity contribution in [3.63, 3.8) is 0 Å². The molecule has 9 heteroatoms. The van der Waals surface area contributed by atoms with Crippen LogP contribution in [0.15, 0.2) is 78.9 Å². The third-order valence-electron chi connectivity index (χ3n) is 6.59. The van der Waals surface area contributed by atoms with Crippen molar-refractivity contribution in [3.8, 4) is 28.4 Å². The molecule has 0 radical (unpaired) electrons. The molecular formula is C32H32N4O5. The Hall–Kier alpha value is -5.31. The van der Waals surface area contributed by atoms with E-state index in [1.165, 1.54) is 33.5 Å². The smallest absolute Gasteiger partial charge is 0.258 e. The van der Waals surface area contributed by atoms with Crippen molar-refractivity contribution in [1.29, 1.82) is 5.41 Å². The van der Waals surface area contributed by atoms with Crippen LogP contribution in [0.2, 0.25) is 0 Å². The highest BCUT2D eigenvalue weighted by Gasteiger charge is 2.19. The van der Waals surface area contributed by atoms with Gasteiger partial charge in [0.1, 0.15) is 0 Å². The predicted molar refractivity (Wildman–Crippen MR) is 161 cm³/mol. The van der Waals surface area contributed by atoms with Gasteiger partial charge >= 0.3 is 0 Å². The molecule has 210 valence electrons. The summed E-state index contributed by atoms with van der Waals surface area (Å²) in [6.07, 6.45) is 0. The van der Waals surface area contributed by atoms with Crippen LogP contribution >= 0.6 is 0 Å². The van der Waals surface area contributed by atoms with Crippen LogP contribution in [-0.4, -0.2) is 39.1 Å². The van der Waals surface area contributed by atoms with Gasteiger partial charge in [0.2, 0.25) is 5.75 Å². The van der Waals surface area contributed by atoms with Crippen molar-refractivity contribution in [1.82, 2.24) is 5.32 Å². The number of hydrogen-bond donors (Lipinski definition) is 4. The third kappa shape index (κ3) is 6.47. The summed E-state index contributed by atoms with van der Waals surface area (Å²) >= 11 is 0. The number of hydrogen-bond acceptors (Lipinski definition) is 6. The van der Waals surface area contributed by atoms with Crippen LogP contribution in [0.3, 0.4) is 0 Å². The molecule has 4 N–H and O–H groups in total. The van der Waals surface area contributed by atoms with Crippen molar-refractivity contribution in [3.05, 3.63) is 101 Å². The van der Waals surface area contributed by atoms with Crippen LogP contribution in [0.5, 0.6) is 17.2 Å². The number of nitrogens with one attached hydrogen (secondary N) is 4. The molecule has 0 saturated carbocycles. The first-order valence-corrected chi connectivity index (χ1v) is 12.8. The van der Waals surface area contributed by atoms with E-state index in [2.05, 4.69) is 16.0 Å². The van der Waals surface area contributed by atoms with Crippen molar-refractivity contribution in [2.75, 3.05) is 32.0 Å². The molecular weight excluding hydrogens is 520 g/mol. The molecule has 9 nitrogen and oxygen atoms in total. The van der Waals surface area contributed by atoms with Gasteiger partial charge in [-0.1, -0.05) is 48.5 Å². The Bertz CT molecular complexity index is 1560. The number of guanidine groups is 1. The van der Waals surface area contributed by atoms with E-state index >= 15 is 0 Å². The Morgan fingerprint density at radius 1 is 0.683 bits per heavy atom. The van der Waals surface area contributed by atoms with Gasteiger partial charge in [-0.25, -0.2) is 0 Å². The quantitative estimate of drug-likeness (QED) is 0.157. The lowest BCUT2D eigenvalue weighted by Crippen LogP contribution is -2.35. The predicted octanol–water partition coefficient (Wildman–Crippen LogP) is 6.03. The summed E-state index contributed by atoms with van der Waals surface area (Å²) < 4.78 is 15.9. The molecule has 41 heavy (non-hydrogen) atoms. The largest absolute Gasteiger partial charge is 0.493 e. The number of anilines is 2. The van der Waals surface area contributed by atoms with E-state index in [4.69, 9.17) is 19.6 Å². The molecule has 0 aliphatic rings. The number of rotatable bonds is 8. The van der Waals surface area contributed by atoms with Gasteiger partial charge in [0.25, 0.3) is 11.8 Å². The lowest BCUT2D eigenvalue weighted by atomic mass is 10.0. The number of aryl methyl sites for hydroxylation is 1. The maximum absolute atomic E-state index is 13.0. The van der Waals surface area contributed by atoms with Crippen LogP contribution in [0, 0.1) is 19.3 Å². The highest BCUT2D eigenvalue weighted by atomic mass is 16.5. The van der Waals surface area contributed by atoms with Gasteiger partial charge < -0.3 is 24.8 Å². The van der Waals surface area contributed by atoms with E-state index < -0.39 is 5.91 Å². The molecule has 2 amide bonds. The Kier molecular flexibility index (Phi) is 8.88. The van der Waals surface area contributed by atoms with Crippen molar-refractivity contribution >= 4 is 29.1 Å². The molecule has 0 aromatic heterocycles. The maximum atomic E-state index is 13.0. The summed E-state index contributed by atoms with van der Waals surface area (Å²) in [5, 5.41) is 16.8. The number of carbonyl (C=O) groups is 2. The molecule has 0 fully saturated rings. The molecule has 4 rings (SSSR count). The average molecular weight is 553 g/mol. The molecule has 0 bridgehead atoms. The summed E-state index contributed by atoms with van der Waals surface area (Å²) in [6.45, 7) is 3.70. The Morgan fingerprint density at radius 2 is 1.29 bits per heavy atom. The average Bonchev–Trinajstić information content (AvgIpc) is 3.00. The normalized spacial score (nSPS) is 10.4. The topological polar surface area (TPSA) is 122 Å². The number of benzene rings is 4. The Labute approximate surface area is 239 Å². The monoisotopic (exact) mass is 552 g/mol. The summed E-state index contributed by atoms with van der Waals surface area (Å²) in [6, 6.07) is 24.0. The molecule has 0 aliphatic carbocycles. The molecule has 0 unspecified atom stereocenters. The zero-order chi connectivity index (χ0) is 29.5. The van der Waals surface area contributed by atoms with E-state index in [1.54, 1.807) is 12.1 Å². The first-order chi connectivity index (χ1) is 19.7. The summed E-state index contributed by atoms with van der Waals surface area (Å²) in [5.41, 5.74) is 5.56. The summed E-state index contributed by atoms with van der Waals surface area (Å²) in [4.78, 5) is 26.0. The van der Waals surface area contributed by atoms with E-state index in [9.17, 15) is 9.59 Å². The van der Waals surface area contributed by atoms with Crippen LogP contribution in [0.25, 0.3) is 11.1 Å². The van der Waals surface area contributed by atoms with Crippen LogP contribution < -0.4 is 30.2 Å². The molecule has 0 spiro atoms. The van der Waals surface area contributed by atoms with Gasteiger partial charge in [-0.15, -0.1) is 0 Å². The number of ether oxygens (including phenoxy) is 3. The second-order valence-corrected chi connectivity index (χ2v) is 9.20. The van der Waals surface area contributed by atoms with Gasteiger partial charge in [-0.3, -0.25) is 20.3 Å². The molecule has 0 saturated heterocycles. The van der Waals surface area contributed by atoms with Crippen LogP contribution in [-0.2, 0) is 0 Å². The van der Waals surface area contributed by atoms with E-state index in [-0.39, 0.29) is 17.4 Å². The Balaban J connectivity index is 1.47. The van der Waals surface area contributed by atoms with Gasteiger partial charge in [0, 0.05) is 22.5 Å². The van der Waals surface area contributed by atoms with Gasteiger partial charge in [-0.05, 0) is 66.4 Å². The first kappa shape index (κ1) is 28.7. The lowest BCUT2D eigenvalue weighted by molar-refractivity contribution is 0.0974. The Morgan fingerprint density at radius 3 is 1.88 bits per heavy atom. The minimum atomic E-state index is -0.541. The zero-order valence-electron chi connectivity index (χ0n) is 23.5. The van der Waals surface area contributed by atoms with Crippen molar-refractivity contribution in [2.45, 2.75) is 13.8 Å².